The Morgan fingerprint density at radius 1 is 0.553 bits per heavy atom. The van der Waals surface area contributed by atoms with E-state index >= 15 is 0 Å². The average Bonchev–Trinajstić information content (AvgIpc) is 2.90. The molecule has 0 fully saturated rings. The topological polar surface area (TPSA) is 87.0 Å². The summed E-state index contributed by atoms with van der Waals surface area (Å²) in [7, 11) is 0. The van der Waals surface area contributed by atoms with Crippen LogP contribution in [0.4, 0.5) is 0 Å². The molecule has 0 aliphatic rings. The monoisotopic (exact) mass is 534 g/mol. The molecule has 220 valence electrons. The Labute approximate surface area is 233 Å². The van der Waals surface area contributed by atoms with Crippen molar-refractivity contribution in [2.24, 2.45) is 0 Å². The van der Waals surface area contributed by atoms with E-state index in [0.717, 1.165) is 63.4 Å². The number of phenols is 2. The second kappa shape index (κ2) is 22.0. The SMILES string of the molecule is CCCCCCCCCc1c(O)c(O)c(C(=O)O)c(OCCCCCCCC)c1CCCCCCCCC. The molecular formula is C33H58O5. The van der Waals surface area contributed by atoms with E-state index in [2.05, 4.69) is 20.8 Å². The summed E-state index contributed by atoms with van der Waals surface area (Å²) in [5, 5.41) is 31.6. The first kappa shape index (κ1) is 34.1. The number of carboxylic acid groups (broad SMARTS) is 1. The fourth-order valence-electron chi connectivity index (χ4n) is 5.27. The molecular weight excluding hydrogens is 476 g/mol. The van der Waals surface area contributed by atoms with Crippen LogP contribution in [0.3, 0.4) is 0 Å². The molecule has 0 bridgehead atoms. The lowest BCUT2D eigenvalue weighted by atomic mass is 9.91. The Hall–Kier alpha value is -1.91. The predicted octanol–water partition coefficient (Wildman–Crippen LogP) is 10.1. The standard InChI is InChI=1S/C33H58O5/c1-4-7-10-13-16-18-21-24-27-28(25-22-19-17-14-11-8-5-2)32(29(33(36)37)31(35)30(27)34)38-26-23-20-15-12-9-6-3/h34-35H,4-26H2,1-3H3,(H,36,37). The summed E-state index contributed by atoms with van der Waals surface area (Å²) in [6.07, 6.45) is 24.3. The van der Waals surface area contributed by atoms with Gasteiger partial charge in [0.2, 0.25) is 0 Å². The highest BCUT2D eigenvalue weighted by Crippen LogP contribution is 2.44. The van der Waals surface area contributed by atoms with Crippen LogP contribution in [0, 0.1) is 0 Å². The third kappa shape index (κ3) is 13.2. The van der Waals surface area contributed by atoms with Gasteiger partial charge in [-0.1, -0.05) is 130 Å². The van der Waals surface area contributed by atoms with Crippen molar-refractivity contribution in [3.63, 3.8) is 0 Å². The fraction of sp³-hybridized carbons (Fsp3) is 0.788. The Balaban J connectivity index is 3.02. The maximum absolute atomic E-state index is 12.2. The lowest BCUT2D eigenvalue weighted by Crippen LogP contribution is -2.11. The van der Waals surface area contributed by atoms with Crippen molar-refractivity contribution < 1.29 is 24.9 Å². The number of hydrogen-bond acceptors (Lipinski definition) is 4. The van der Waals surface area contributed by atoms with Crippen molar-refractivity contribution in [3.05, 3.63) is 16.7 Å². The van der Waals surface area contributed by atoms with Crippen molar-refractivity contribution in [2.45, 2.75) is 162 Å². The van der Waals surface area contributed by atoms with E-state index in [9.17, 15) is 20.1 Å². The molecule has 0 aromatic heterocycles. The van der Waals surface area contributed by atoms with Crippen LogP contribution in [0.1, 0.15) is 171 Å². The van der Waals surface area contributed by atoms with Crippen LogP contribution in [0.2, 0.25) is 0 Å². The number of aromatic hydroxyl groups is 2. The van der Waals surface area contributed by atoms with Gasteiger partial charge in [-0.25, -0.2) is 4.79 Å². The van der Waals surface area contributed by atoms with E-state index in [4.69, 9.17) is 4.74 Å². The lowest BCUT2D eigenvalue weighted by Gasteiger charge is -2.21. The average molecular weight is 535 g/mol. The first-order chi connectivity index (χ1) is 18.5. The molecule has 0 saturated heterocycles. The molecule has 0 heterocycles. The second-order valence-electron chi connectivity index (χ2n) is 11.0. The Morgan fingerprint density at radius 2 is 0.947 bits per heavy atom. The van der Waals surface area contributed by atoms with Crippen molar-refractivity contribution in [1.82, 2.24) is 0 Å². The summed E-state index contributed by atoms with van der Waals surface area (Å²) in [5.74, 6) is -1.78. The van der Waals surface area contributed by atoms with Gasteiger partial charge in [-0.05, 0) is 32.1 Å². The molecule has 1 aromatic rings. The Bertz CT molecular complexity index is 758. The van der Waals surface area contributed by atoms with Gasteiger partial charge in [0.05, 0.1) is 6.61 Å². The summed E-state index contributed by atoms with van der Waals surface area (Å²) < 4.78 is 6.14. The van der Waals surface area contributed by atoms with Crippen molar-refractivity contribution in [1.29, 1.82) is 0 Å². The summed E-state index contributed by atoms with van der Waals surface area (Å²) in [5.41, 5.74) is 1.20. The number of aromatic carboxylic acids is 1. The van der Waals surface area contributed by atoms with Gasteiger partial charge in [0.25, 0.3) is 0 Å². The van der Waals surface area contributed by atoms with Gasteiger partial charge in [0, 0.05) is 11.1 Å². The first-order valence-corrected chi connectivity index (χ1v) is 15.9. The van der Waals surface area contributed by atoms with E-state index in [-0.39, 0.29) is 17.1 Å². The maximum Gasteiger partial charge on any atom is 0.343 e. The summed E-state index contributed by atoms with van der Waals surface area (Å²) >= 11 is 0. The predicted molar refractivity (Wildman–Crippen MR) is 159 cm³/mol. The highest BCUT2D eigenvalue weighted by molar-refractivity contribution is 5.96. The van der Waals surface area contributed by atoms with Crippen LogP contribution < -0.4 is 4.74 Å². The number of ether oxygens (including phenoxy) is 1. The van der Waals surface area contributed by atoms with E-state index in [0.29, 0.717) is 25.0 Å². The maximum atomic E-state index is 12.2. The third-order valence-corrected chi connectivity index (χ3v) is 7.63. The van der Waals surface area contributed by atoms with Gasteiger partial charge in [-0.2, -0.15) is 0 Å². The molecule has 5 nitrogen and oxygen atoms in total. The Kier molecular flexibility index (Phi) is 19.7. The van der Waals surface area contributed by atoms with Crippen molar-refractivity contribution >= 4 is 5.97 Å². The molecule has 0 aliphatic heterocycles. The number of carboxylic acids is 1. The van der Waals surface area contributed by atoms with Crippen LogP contribution in [-0.4, -0.2) is 27.9 Å². The van der Waals surface area contributed by atoms with Gasteiger partial charge in [-0.3, -0.25) is 0 Å². The lowest BCUT2D eigenvalue weighted by molar-refractivity contribution is 0.0687. The van der Waals surface area contributed by atoms with Crippen molar-refractivity contribution in [2.75, 3.05) is 6.61 Å². The zero-order valence-electron chi connectivity index (χ0n) is 24.9. The zero-order chi connectivity index (χ0) is 28.0. The van der Waals surface area contributed by atoms with Crippen LogP contribution in [0.15, 0.2) is 0 Å². The van der Waals surface area contributed by atoms with Crippen LogP contribution in [-0.2, 0) is 12.8 Å². The van der Waals surface area contributed by atoms with E-state index in [1.807, 2.05) is 0 Å². The second-order valence-corrected chi connectivity index (χ2v) is 11.0. The molecule has 0 atom stereocenters. The molecule has 5 heteroatoms. The minimum Gasteiger partial charge on any atom is -0.504 e. The summed E-state index contributed by atoms with van der Waals surface area (Å²) in [6, 6.07) is 0. The van der Waals surface area contributed by atoms with Gasteiger partial charge >= 0.3 is 5.97 Å². The number of benzene rings is 1. The number of carbonyl (C=O) groups is 1. The highest BCUT2D eigenvalue weighted by atomic mass is 16.5. The molecule has 0 unspecified atom stereocenters. The number of phenolic OH excluding ortho intramolecular Hbond substituents is 1. The normalized spacial score (nSPS) is 11.2. The number of unbranched alkanes of at least 4 members (excludes halogenated alkanes) is 17. The molecule has 3 N–H and O–H groups in total. The number of hydrogen-bond donors (Lipinski definition) is 3. The molecule has 0 radical (unpaired) electrons. The van der Waals surface area contributed by atoms with Gasteiger partial charge in [-0.15, -0.1) is 0 Å². The minimum absolute atomic E-state index is 0.266. The van der Waals surface area contributed by atoms with Gasteiger partial charge in [0.1, 0.15) is 11.3 Å². The summed E-state index contributed by atoms with van der Waals surface area (Å²) in [6.45, 7) is 7.06. The quantitative estimate of drug-likeness (QED) is 0.0858. The van der Waals surface area contributed by atoms with E-state index in [1.54, 1.807) is 0 Å². The summed E-state index contributed by atoms with van der Waals surface area (Å²) in [4.78, 5) is 12.2. The van der Waals surface area contributed by atoms with Gasteiger partial charge < -0.3 is 20.1 Å². The smallest absolute Gasteiger partial charge is 0.343 e. The molecule has 0 aliphatic carbocycles. The van der Waals surface area contributed by atoms with Gasteiger partial charge in [0.15, 0.2) is 11.5 Å². The molecule has 1 aromatic carbocycles. The highest BCUT2D eigenvalue weighted by Gasteiger charge is 2.28. The number of rotatable bonds is 25. The third-order valence-electron chi connectivity index (χ3n) is 7.63. The van der Waals surface area contributed by atoms with E-state index in [1.165, 1.54) is 70.6 Å². The van der Waals surface area contributed by atoms with Crippen LogP contribution in [0.25, 0.3) is 0 Å². The molecule has 38 heavy (non-hydrogen) atoms. The molecule has 0 saturated carbocycles. The fourth-order valence-corrected chi connectivity index (χ4v) is 5.27. The largest absolute Gasteiger partial charge is 0.504 e. The molecule has 0 spiro atoms. The molecule has 0 amide bonds. The van der Waals surface area contributed by atoms with Crippen LogP contribution in [0.5, 0.6) is 17.2 Å². The zero-order valence-corrected chi connectivity index (χ0v) is 24.9. The Morgan fingerprint density at radius 3 is 1.39 bits per heavy atom. The van der Waals surface area contributed by atoms with E-state index < -0.39 is 11.7 Å². The van der Waals surface area contributed by atoms with Crippen molar-refractivity contribution in [3.8, 4) is 17.2 Å². The molecule has 1 rings (SSSR count). The minimum atomic E-state index is -1.25. The van der Waals surface area contributed by atoms with Crippen LogP contribution >= 0.6 is 0 Å². The first-order valence-electron chi connectivity index (χ1n) is 15.9.